The Morgan fingerprint density at radius 1 is 0.952 bits per heavy atom. The van der Waals surface area contributed by atoms with Gasteiger partial charge in [-0.1, -0.05) is 12.8 Å². The van der Waals surface area contributed by atoms with Crippen LogP contribution in [0.4, 0.5) is 0 Å². The molecule has 3 rings (SSSR count). The van der Waals surface area contributed by atoms with E-state index in [4.69, 9.17) is 5.73 Å². The number of rotatable bonds is 3. The van der Waals surface area contributed by atoms with Gasteiger partial charge >= 0.3 is 0 Å². The van der Waals surface area contributed by atoms with Gasteiger partial charge in [0, 0.05) is 25.2 Å². The van der Waals surface area contributed by atoms with Crippen molar-refractivity contribution < 1.29 is 9.90 Å². The number of carbonyl (C=O) groups excluding carboxylic acids is 1. The fourth-order valence-electron chi connectivity index (χ4n) is 4.60. The Hall–Kier alpha value is -0.650. The maximum absolute atomic E-state index is 11.5. The number of aliphatic hydroxyl groups excluding tert-OH is 1. The SMILES string of the molecule is NC(=O)[C@@H]1CCCN1C1CCN([C@@H]2CCCC[C@H]2O)CC1. The van der Waals surface area contributed by atoms with E-state index in [-0.39, 0.29) is 18.1 Å². The first kappa shape index (κ1) is 15.3. The number of likely N-dealkylation sites (tertiary alicyclic amines) is 2. The Kier molecular flexibility index (Phi) is 4.82. The van der Waals surface area contributed by atoms with Gasteiger partial charge in [0.25, 0.3) is 0 Å². The van der Waals surface area contributed by atoms with E-state index in [0.717, 1.165) is 58.2 Å². The van der Waals surface area contributed by atoms with E-state index in [0.29, 0.717) is 12.1 Å². The first-order valence-corrected chi connectivity index (χ1v) is 8.64. The molecule has 2 heterocycles. The quantitative estimate of drug-likeness (QED) is 0.804. The lowest BCUT2D eigenvalue weighted by Crippen LogP contribution is -2.54. The molecule has 1 saturated carbocycles. The van der Waals surface area contributed by atoms with Gasteiger partial charge in [-0.3, -0.25) is 14.6 Å². The minimum absolute atomic E-state index is 0.0400. The van der Waals surface area contributed by atoms with Gasteiger partial charge in [-0.15, -0.1) is 0 Å². The van der Waals surface area contributed by atoms with Crippen LogP contribution in [-0.2, 0) is 4.79 Å². The summed E-state index contributed by atoms with van der Waals surface area (Å²) in [5.41, 5.74) is 5.53. The van der Waals surface area contributed by atoms with E-state index in [1.807, 2.05) is 0 Å². The van der Waals surface area contributed by atoms with Gasteiger partial charge in [-0.2, -0.15) is 0 Å². The molecule has 2 aliphatic heterocycles. The fourth-order valence-corrected chi connectivity index (χ4v) is 4.60. The number of aliphatic hydroxyl groups is 1. The zero-order valence-corrected chi connectivity index (χ0v) is 12.9. The minimum Gasteiger partial charge on any atom is -0.391 e. The summed E-state index contributed by atoms with van der Waals surface area (Å²) in [5, 5.41) is 10.2. The number of carbonyl (C=O) groups is 1. The zero-order valence-electron chi connectivity index (χ0n) is 12.9. The highest BCUT2D eigenvalue weighted by Gasteiger charge is 2.37. The van der Waals surface area contributed by atoms with Crippen molar-refractivity contribution in [1.29, 1.82) is 0 Å². The van der Waals surface area contributed by atoms with Crippen LogP contribution in [0.15, 0.2) is 0 Å². The van der Waals surface area contributed by atoms with Crippen LogP contribution in [0.2, 0.25) is 0 Å². The van der Waals surface area contributed by atoms with Crippen molar-refractivity contribution >= 4 is 5.91 Å². The Morgan fingerprint density at radius 3 is 2.33 bits per heavy atom. The van der Waals surface area contributed by atoms with Crippen molar-refractivity contribution in [3.05, 3.63) is 0 Å². The second kappa shape index (κ2) is 6.63. The van der Waals surface area contributed by atoms with Gasteiger partial charge in [0.05, 0.1) is 12.1 Å². The molecule has 0 bridgehead atoms. The molecule has 0 spiro atoms. The molecule has 0 aromatic heterocycles. The molecule has 5 nitrogen and oxygen atoms in total. The van der Waals surface area contributed by atoms with Gasteiger partial charge in [0.15, 0.2) is 0 Å². The minimum atomic E-state index is -0.155. The Morgan fingerprint density at radius 2 is 1.67 bits per heavy atom. The van der Waals surface area contributed by atoms with Crippen LogP contribution in [0, 0.1) is 0 Å². The second-order valence-corrected chi connectivity index (χ2v) is 6.98. The topological polar surface area (TPSA) is 69.8 Å². The highest BCUT2D eigenvalue weighted by Crippen LogP contribution is 2.29. The lowest BCUT2D eigenvalue weighted by molar-refractivity contribution is -0.123. The van der Waals surface area contributed by atoms with Crippen LogP contribution in [-0.4, -0.2) is 64.7 Å². The standard InChI is InChI=1S/C16H29N3O2/c17-16(21)14-5-3-9-19(14)12-7-10-18(11-8-12)13-4-1-2-6-15(13)20/h12-15,20H,1-11H2,(H2,17,21)/t13-,14+,15-/m1/s1. The molecule has 3 fully saturated rings. The predicted octanol–water partition coefficient (Wildman–Crippen LogP) is 0.704. The van der Waals surface area contributed by atoms with Crippen LogP contribution >= 0.6 is 0 Å². The first-order valence-electron chi connectivity index (χ1n) is 8.64. The van der Waals surface area contributed by atoms with Crippen molar-refractivity contribution in [2.45, 2.75) is 75.6 Å². The Balaban J connectivity index is 1.54. The van der Waals surface area contributed by atoms with E-state index in [1.165, 1.54) is 12.8 Å². The average molecular weight is 295 g/mol. The molecule has 3 aliphatic rings. The molecule has 0 radical (unpaired) electrons. The number of hydrogen-bond donors (Lipinski definition) is 2. The summed E-state index contributed by atoms with van der Waals surface area (Å²) < 4.78 is 0. The van der Waals surface area contributed by atoms with Crippen LogP contribution in [0.25, 0.3) is 0 Å². The largest absolute Gasteiger partial charge is 0.391 e. The van der Waals surface area contributed by atoms with E-state index < -0.39 is 0 Å². The third kappa shape index (κ3) is 3.25. The van der Waals surface area contributed by atoms with Crippen molar-refractivity contribution in [2.75, 3.05) is 19.6 Å². The van der Waals surface area contributed by atoms with Crippen molar-refractivity contribution in [1.82, 2.24) is 9.80 Å². The molecule has 3 atom stereocenters. The zero-order chi connectivity index (χ0) is 14.8. The molecule has 2 saturated heterocycles. The summed E-state index contributed by atoms with van der Waals surface area (Å²) in [6, 6.07) is 0.828. The number of hydrogen-bond acceptors (Lipinski definition) is 4. The van der Waals surface area contributed by atoms with Gasteiger partial charge in [0.1, 0.15) is 0 Å². The van der Waals surface area contributed by atoms with Gasteiger partial charge < -0.3 is 10.8 Å². The third-order valence-corrected chi connectivity index (χ3v) is 5.75. The molecule has 5 heteroatoms. The molecule has 0 aromatic carbocycles. The number of amides is 1. The predicted molar refractivity (Wildman–Crippen MR) is 81.8 cm³/mol. The summed E-state index contributed by atoms with van der Waals surface area (Å²) in [4.78, 5) is 16.4. The normalized spacial score (nSPS) is 36.9. The highest BCUT2D eigenvalue weighted by molar-refractivity contribution is 5.80. The van der Waals surface area contributed by atoms with Crippen LogP contribution in [0.3, 0.4) is 0 Å². The van der Waals surface area contributed by atoms with Crippen LogP contribution in [0.5, 0.6) is 0 Å². The summed E-state index contributed by atoms with van der Waals surface area (Å²) in [6.07, 6.45) is 8.60. The molecule has 120 valence electrons. The first-order chi connectivity index (χ1) is 10.2. The summed E-state index contributed by atoms with van der Waals surface area (Å²) in [6.45, 7) is 3.12. The van der Waals surface area contributed by atoms with Crippen LogP contribution in [0.1, 0.15) is 51.4 Å². The van der Waals surface area contributed by atoms with E-state index in [2.05, 4.69) is 9.80 Å². The molecular formula is C16H29N3O2. The average Bonchev–Trinajstić information content (AvgIpc) is 2.98. The van der Waals surface area contributed by atoms with Crippen molar-refractivity contribution in [3.63, 3.8) is 0 Å². The number of nitrogens with zero attached hydrogens (tertiary/aromatic N) is 2. The Bertz CT molecular complexity index is 369. The lowest BCUT2D eigenvalue weighted by atomic mass is 9.89. The maximum Gasteiger partial charge on any atom is 0.234 e. The molecule has 21 heavy (non-hydrogen) atoms. The molecular weight excluding hydrogens is 266 g/mol. The van der Waals surface area contributed by atoms with Crippen molar-refractivity contribution in [3.8, 4) is 0 Å². The smallest absolute Gasteiger partial charge is 0.234 e. The molecule has 1 aliphatic carbocycles. The monoisotopic (exact) mass is 295 g/mol. The van der Waals surface area contributed by atoms with Crippen molar-refractivity contribution in [2.24, 2.45) is 5.73 Å². The molecule has 1 amide bonds. The lowest BCUT2D eigenvalue weighted by Gasteiger charge is -2.44. The summed E-state index contributed by atoms with van der Waals surface area (Å²) >= 11 is 0. The molecule has 0 aromatic rings. The highest BCUT2D eigenvalue weighted by atomic mass is 16.3. The Labute approximate surface area is 127 Å². The second-order valence-electron chi connectivity index (χ2n) is 6.98. The van der Waals surface area contributed by atoms with Crippen LogP contribution < -0.4 is 5.73 Å². The molecule has 3 N–H and O–H groups in total. The van der Waals surface area contributed by atoms with E-state index in [9.17, 15) is 9.90 Å². The van der Waals surface area contributed by atoms with E-state index >= 15 is 0 Å². The van der Waals surface area contributed by atoms with Gasteiger partial charge in [-0.05, 0) is 45.1 Å². The number of primary amides is 1. The number of nitrogens with two attached hydrogens (primary N) is 1. The maximum atomic E-state index is 11.5. The number of piperidine rings is 1. The van der Waals surface area contributed by atoms with E-state index in [1.54, 1.807) is 0 Å². The fraction of sp³-hybridized carbons (Fsp3) is 0.938. The van der Waals surface area contributed by atoms with Gasteiger partial charge in [0.2, 0.25) is 5.91 Å². The molecule has 0 unspecified atom stereocenters. The third-order valence-electron chi connectivity index (χ3n) is 5.75. The summed E-state index contributed by atoms with van der Waals surface area (Å²) in [5.74, 6) is -0.155. The summed E-state index contributed by atoms with van der Waals surface area (Å²) in [7, 11) is 0. The van der Waals surface area contributed by atoms with Gasteiger partial charge in [-0.25, -0.2) is 0 Å².